The van der Waals surface area contributed by atoms with E-state index in [0.29, 0.717) is 15.2 Å². The zero-order chi connectivity index (χ0) is 15.6. The van der Waals surface area contributed by atoms with Gasteiger partial charge in [0.15, 0.2) is 0 Å². The molecule has 0 saturated carbocycles. The van der Waals surface area contributed by atoms with Crippen LogP contribution in [0.1, 0.15) is 17.2 Å². The molecule has 2 aromatic carbocycles. The maximum absolute atomic E-state index is 13.7. The average Bonchev–Trinajstić information content (AvgIpc) is 2.47. The highest BCUT2D eigenvalue weighted by Gasteiger charge is 2.21. The van der Waals surface area contributed by atoms with Crippen LogP contribution in [0.3, 0.4) is 0 Å². The summed E-state index contributed by atoms with van der Waals surface area (Å²) in [6.07, 6.45) is 0. The van der Waals surface area contributed by atoms with Crippen LogP contribution in [-0.2, 0) is 0 Å². The van der Waals surface area contributed by atoms with Gasteiger partial charge in [-0.3, -0.25) is 0 Å². The molecular weight excluding hydrogens is 424 g/mol. The summed E-state index contributed by atoms with van der Waals surface area (Å²) in [6, 6.07) is 8.53. The quantitative estimate of drug-likeness (QED) is 0.699. The minimum absolute atomic E-state index is 0.221. The Bertz CT molecular complexity index is 666. The van der Waals surface area contributed by atoms with E-state index >= 15 is 0 Å². The van der Waals surface area contributed by atoms with E-state index in [9.17, 15) is 4.39 Å². The van der Waals surface area contributed by atoms with Crippen LogP contribution in [0, 0.1) is 5.82 Å². The van der Waals surface area contributed by atoms with Crippen LogP contribution in [0.15, 0.2) is 39.3 Å². The Morgan fingerprint density at radius 3 is 2.52 bits per heavy atom. The first-order valence-electron chi connectivity index (χ1n) is 6.13. The van der Waals surface area contributed by atoms with Gasteiger partial charge in [0.1, 0.15) is 11.6 Å². The number of hydrogen-bond acceptors (Lipinski definition) is 2. The zero-order valence-electron chi connectivity index (χ0n) is 11.4. The lowest BCUT2D eigenvalue weighted by Gasteiger charge is -2.22. The van der Waals surface area contributed by atoms with Crippen molar-refractivity contribution in [3.05, 3.63) is 61.2 Å². The van der Waals surface area contributed by atoms with Crippen molar-refractivity contribution in [2.24, 2.45) is 0 Å². The van der Waals surface area contributed by atoms with E-state index in [0.717, 1.165) is 15.6 Å². The fourth-order valence-corrected chi connectivity index (χ4v) is 3.15. The van der Waals surface area contributed by atoms with Crippen molar-refractivity contribution in [3.63, 3.8) is 0 Å². The van der Waals surface area contributed by atoms with Gasteiger partial charge >= 0.3 is 0 Å². The molecule has 2 nitrogen and oxygen atoms in total. The Kier molecular flexibility index (Phi) is 5.66. The highest BCUT2D eigenvalue weighted by Crippen LogP contribution is 2.38. The number of nitrogens with one attached hydrogen (secondary N) is 1. The average molecular weight is 438 g/mol. The maximum atomic E-state index is 13.7. The second-order valence-corrected chi connectivity index (χ2v) is 6.46. The molecule has 1 unspecified atom stereocenters. The van der Waals surface area contributed by atoms with Crippen LogP contribution in [0.5, 0.6) is 5.75 Å². The van der Waals surface area contributed by atoms with Gasteiger partial charge in [-0.25, -0.2) is 4.39 Å². The summed E-state index contributed by atoms with van der Waals surface area (Å²) < 4.78 is 20.2. The summed E-state index contributed by atoms with van der Waals surface area (Å²) in [7, 11) is 3.33. The lowest BCUT2D eigenvalue weighted by Crippen LogP contribution is -2.19. The van der Waals surface area contributed by atoms with Crippen molar-refractivity contribution in [1.29, 1.82) is 0 Å². The molecule has 0 bridgehead atoms. The van der Waals surface area contributed by atoms with Crippen molar-refractivity contribution >= 4 is 43.5 Å². The van der Waals surface area contributed by atoms with E-state index in [4.69, 9.17) is 16.3 Å². The summed E-state index contributed by atoms with van der Waals surface area (Å²) >= 11 is 13.0. The molecule has 2 rings (SSSR count). The fraction of sp³-hybridized carbons (Fsp3) is 0.200. The standard InChI is InChI=1S/C15H13Br2ClFNO/c1-20-15(8-4-3-5-10(16)14(8)18)9-6-11(17)12(19)7-13(9)21-2/h3-7,15,20H,1-2H3. The zero-order valence-corrected chi connectivity index (χ0v) is 15.3. The van der Waals surface area contributed by atoms with Gasteiger partial charge in [-0.1, -0.05) is 23.7 Å². The third-order valence-electron chi connectivity index (χ3n) is 3.16. The summed E-state index contributed by atoms with van der Waals surface area (Å²) in [5, 5.41) is 3.81. The molecule has 1 N–H and O–H groups in total. The Balaban J connectivity index is 2.61. The van der Waals surface area contributed by atoms with E-state index in [1.807, 2.05) is 25.2 Å². The number of methoxy groups -OCH3 is 1. The monoisotopic (exact) mass is 435 g/mol. The molecule has 112 valence electrons. The number of hydrogen-bond donors (Lipinski definition) is 1. The number of rotatable bonds is 4. The summed E-state index contributed by atoms with van der Waals surface area (Å²) in [5.74, 6) is 0.0943. The van der Waals surface area contributed by atoms with Crippen LogP contribution < -0.4 is 10.1 Å². The smallest absolute Gasteiger partial charge is 0.141 e. The maximum Gasteiger partial charge on any atom is 0.141 e. The third-order valence-corrected chi connectivity index (χ3v) is 5.08. The van der Waals surface area contributed by atoms with Gasteiger partial charge in [-0.2, -0.15) is 0 Å². The van der Waals surface area contributed by atoms with Gasteiger partial charge in [0.2, 0.25) is 0 Å². The van der Waals surface area contributed by atoms with Gasteiger partial charge in [0.05, 0.1) is 22.6 Å². The van der Waals surface area contributed by atoms with E-state index in [1.54, 1.807) is 6.07 Å². The SMILES string of the molecule is CNC(c1cc(Br)c(F)cc1OC)c1cccc(Br)c1Cl. The minimum Gasteiger partial charge on any atom is -0.496 e. The first-order valence-corrected chi connectivity index (χ1v) is 8.10. The van der Waals surface area contributed by atoms with Gasteiger partial charge in [0, 0.05) is 16.1 Å². The Morgan fingerprint density at radius 1 is 1.19 bits per heavy atom. The summed E-state index contributed by atoms with van der Waals surface area (Å²) in [4.78, 5) is 0. The predicted octanol–water partition coefficient (Wildman–Crippen LogP) is 5.32. The van der Waals surface area contributed by atoms with Crippen LogP contribution in [0.25, 0.3) is 0 Å². The molecule has 0 spiro atoms. The van der Waals surface area contributed by atoms with Crippen molar-refractivity contribution in [1.82, 2.24) is 5.32 Å². The Hall–Kier alpha value is -0.620. The summed E-state index contributed by atoms with van der Waals surface area (Å²) in [6.45, 7) is 0. The minimum atomic E-state index is -0.370. The first-order chi connectivity index (χ1) is 9.99. The van der Waals surface area contributed by atoms with Crippen LogP contribution in [0.4, 0.5) is 4.39 Å². The van der Waals surface area contributed by atoms with Gasteiger partial charge in [-0.15, -0.1) is 0 Å². The van der Waals surface area contributed by atoms with E-state index in [2.05, 4.69) is 37.2 Å². The number of halogens is 4. The molecule has 0 amide bonds. The van der Waals surface area contributed by atoms with Crippen molar-refractivity contribution in [3.8, 4) is 5.75 Å². The molecule has 0 fully saturated rings. The normalized spacial score (nSPS) is 12.3. The Labute approximate surface area is 144 Å². The molecule has 0 aliphatic rings. The van der Waals surface area contributed by atoms with Crippen LogP contribution in [0.2, 0.25) is 5.02 Å². The molecule has 21 heavy (non-hydrogen) atoms. The molecular formula is C15H13Br2ClFNO. The first kappa shape index (κ1) is 16.7. The topological polar surface area (TPSA) is 21.3 Å². The lowest BCUT2D eigenvalue weighted by molar-refractivity contribution is 0.401. The van der Waals surface area contributed by atoms with E-state index in [1.165, 1.54) is 13.2 Å². The van der Waals surface area contributed by atoms with Crippen molar-refractivity contribution in [2.75, 3.05) is 14.2 Å². The molecule has 0 saturated heterocycles. The van der Waals surface area contributed by atoms with Gasteiger partial charge < -0.3 is 10.1 Å². The van der Waals surface area contributed by atoms with Crippen molar-refractivity contribution < 1.29 is 9.13 Å². The van der Waals surface area contributed by atoms with E-state index < -0.39 is 0 Å². The molecule has 0 aromatic heterocycles. The largest absolute Gasteiger partial charge is 0.496 e. The van der Waals surface area contributed by atoms with Crippen LogP contribution in [-0.4, -0.2) is 14.2 Å². The molecule has 1 atom stereocenters. The highest BCUT2D eigenvalue weighted by atomic mass is 79.9. The molecule has 2 aromatic rings. The van der Waals surface area contributed by atoms with Crippen LogP contribution >= 0.6 is 43.5 Å². The Morgan fingerprint density at radius 2 is 1.90 bits per heavy atom. The van der Waals surface area contributed by atoms with Crippen molar-refractivity contribution in [2.45, 2.75) is 6.04 Å². The molecule has 0 heterocycles. The highest BCUT2D eigenvalue weighted by molar-refractivity contribution is 9.10. The summed E-state index contributed by atoms with van der Waals surface area (Å²) in [5.41, 5.74) is 1.68. The fourth-order valence-electron chi connectivity index (χ4n) is 2.17. The number of benzene rings is 2. The third kappa shape index (κ3) is 3.42. The molecule has 0 radical (unpaired) electrons. The van der Waals surface area contributed by atoms with Gasteiger partial charge in [0.25, 0.3) is 0 Å². The van der Waals surface area contributed by atoms with Gasteiger partial charge in [-0.05, 0) is 56.6 Å². The molecule has 0 aliphatic heterocycles. The second kappa shape index (κ2) is 7.09. The number of ether oxygens (including phenoxy) is 1. The predicted molar refractivity (Wildman–Crippen MR) is 90.7 cm³/mol. The second-order valence-electron chi connectivity index (χ2n) is 4.37. The molecule has 6 heteroatoms. The molecule has 0 aliphatic carbocycles. The lowest BCUT2D eigenvalue weighted by atomic mass is 9.98. The van der Waals surface area contributed by atoms with E-state index in [-0.39, 0.29) is 11.9 Å².